The lowest BCUT2D eigenvalue weighted by Crippen LogP contribution is -2.57. The molecule has 3 rings (SSSR count). The minimum Gasteiger partial charge on any atom is -0.490 e. The second-order valence-corrected chi connectivity index (χ2v) is 8.41. The first-order valence-electron chi connectivity index (χ1n) is 10.4. The number of likely N-dealkylation sites (tertiary alicyclic amines) is 1. The summed E-state index contributed by atoms with van der Waals surface area (Å²) in [6, 6.07) is 7.74. The number of piperazine rings is 1. The molecule has 1 aromatic rings. The van der Waals surface area contributed by atoms with E-state index in [-0.39, 0.29) is 30.4 Å². The molecular weight excluding hydrogens is 354 g/mol. The second-order valence-electron chi connectivity index (χ2n) is 8.41. The zero-order chi connectivity index (χ0) is 20.1. The molecule has 2 amide bonds. The summed E-state index contributed by atoms with van der Waals surface area (Å²) >= 11 is 0. The Bertz CT molecular complexity index is 683. The molecular formula is C22H33N3O3. The number of carbonyl (C=O) groups is 2. The fourth-order valence-corrected chi connectivity index (χ4v) is 4.07. The average molecular weight is 388 g/mol. The van der Waals surface area contributed by atoms with Crippen molar-refractivity contribution >= 4 is 11.8 Å². The van der Waals surface area contributed by atoms with Gasteiger partial charge < -0.3 is 15.0 Å². The van der Waals surface area contributed by atoms with Crippen LogP contribution in [0.15, 0.2) is 24.3 Å². The Morgan fingerprint density at radius 3 is 2.68 bits per heavy atom. The third-order valence-corrected chi connectivity index (χ3v) is 5.50. The van der Waals surface area contributed by atoms with Crippen molar-refractivity contribution in [1.29, 1.82) is 0 Å². The van der Waals surface area contributed by atoms with Crippen LogP contribution in [-0.4, -0.2) is 66.5 Å². The van der Waals surface area contributed by atoms with Crippen LogP contribution < -0.4 is 10.1 Å². The summed E-state index contributed by atoms with van der Waals surface area (Å²) in [7, 11) is 0. The first kappa shape index (κ1) is 20.6. The number of hydrogen-bond donors (Lipinski definition) is 1. The van der Waals surface area contributed by atoms with Crippen LogP contribution in [0.3, 0.4) is 0 Å². The van der Waals surface area contributed by atoms with Crippen LogP contribution in [0.25, 0.3) is 0 Å². The lowest BCUT2D eigenvalue weighted by Gasteiger charge is -2.38. The van der Waals surface area contributed by atoms with Gasteiger partial charge in [0.05, 0.1) is 12.5 Å². The van der Waals surface area contributed by atoms with Gasteiger partial charge in [-0.25, -0.2) is 0 Å². The highest BCUT2D eigenvalue weighted by molar-refractivity contribution is 5.88. The van der Waals surface area contributed by atoms with E-state index in [1.54, 1.807) is 0 Å². The highest BCUT2D eigenvalue weighted by Crippen LogP contribution is 2.21. The summed E-state index contributed by atoms with van der Waals surface area (Å²) in [5, 5.41) is 2.91. The van der Waals surface area contributed by atoms with E-state index in [2.05, 4.69) is 37.1 Å². The highest BCUT2D eigenvalue weighted by atomic mass is 16.5. The van der Waals surface area contributed by atoms with Crippen molar-refractivity contribution < 1.29 is 14.3 Å². The molecule has 0 spiro atoms. The Balaban J connectivity index is 1.50. The molecule has 1 N–H and O–H groups in total. The fraction of sp³-hybridized carbons (Fsp3) is 0.636. The summed E-state index contributed by atoms with van der Waals surface area (Å²) in [6.45, 7) is 10.0. The maximum Gasteiger partial charge on any atom is 0.237 e. The monoisotopic (exact) mass is 387 g/mol. The van der Waals surface area contributed by atoms with Crippen molar-refractivity contribution in [3.63, 3.8) is 0 Å². The molecule has 0 aromatic heterocycles. The Morgan fingerprint density at radius 1 is 1.25 bits per heavy atom. The van der Waals surface area contributed by atoms with Gasteiger partial charge >= 0.3 is 0 Å². The Morgan fingerprint density at radius 2 is 2.00 bits per heavy atom. The number of nitrogens with zero attached hydrogens (tertiary/aromatic N) is 2. The van der Waals surface area contributed by atoms with Gasteiger partial charge in [0.15, 0.2) is 0 Å². The predicted octanol–water partition coefficient (Wildman–Crippen LogP) is 2.21. The molecule has 6 heteroatoms. The number of ether oxygens (including phenoxy) is 1. The lowest BCUT2D eigenvalue weighted by molar-refractivity contribution is -0.140. The van der Waals surface area contributed by atoms with Crippen LogP contribution in [0.1, 0.15) is 38.7 Å². The minimum atomic E-state index is -0.343. The van der Waals surface area contributed by atoms with Gasteiger partial charge in [-0.15, -0.1) is 0 Å². The summed E-state index contributed by atoms with van der Waals surface area (Å²) < 4.78 is 6.08. The molecule has 2 aliphatic rings. The minimum absolute atomic E-state index is 0.0158. The summed E-state index contributed by atoms with van der Waals surface area (Å²) in [4.78, 5) is 29.2. The normalized spacial score (nSPS) is 21.6. The molecule has 2 aliphatic heterocycles. The van der Waals surface area contributed by atoms with E-state index in [4.69, 9.17) is 4.74 Å². The zero-order valence-electron chi connectivity index (χ0n) is 17.3. The van der Waals surface area contributed by atoms with E-state index >= 15 is 0 Å². The number of rotatable bonds is 6. The topological polar surface area (TPSA) is 61.9 Å². The van der Waals surface area contributed by atoms with E-state index in [0.29, 0.717) is 25.6 Å². The highest BCUT2D eigenvalue weighted by Gasteiger charge is 2.34. The standard InChI is InChI=1S/C22H33N3O3/c1-16(2)15-25-12-9-23-22(27)20(25)14-21(26)24-10-7-18(8-11-24)28-19-6-4-5-17(3)13-19/h4-6,13,16,18,20H,7-12,14-15H2,1-3H3,(H,23,27). The molecule has 0 aliphatic carbocycles. The molecule has 28 heavy (non-hydrogen) atoms. The van der Waals surface area contributed by atoms with Crippen LogP contribution in [0.5, 0.6) is 5.75 Å². The number of hydrogen-bond acceptors (Lipinski definition) is 4. The van der Waals surface area contributed by atoms with Gasteiger partial charge in [-0.3, -0.25) is 14.5 Å². The van der Waals surface area contributed by atoms with E-state index in [1.807, 2.05) is 23.1 Å². The molecule has 2 fully saturated rings. The molecule has 0 saturated carbocycles. The number of piperidine rings is 1. The molecule has 1 unspecified atom stereocenters. The van der Waals surface area contributed by atoms with Crippen LogP contribution in [0.2, 0.25) is 0 Å². The van der Waals surface area contributed by atoms with E-state index in [9.17, 15) is 9.59 Å². The van der Waals surface area contributed by atoms with Crippen molar-refractivity contribution in [3.05, 3.63) is 29.8 Å². The first-order chi connectivity index (χ1) is 13.4. The molecule has 0 radical (unpaired) electrons. The number of aryl methyl sites for hydroxylation is 1. The van der Waals surface area contributed by atoms with Crippen LogP contribution in [0, 0.1) is 12.8 Å². The van der Waals surface area contributed by atoms with Crippen LogP contribution >= 0.6 is 0 Å². The number of carbonyl (C=O) groups excluding carboxylic acids is 2. The summed E-state index contributed by atoms with van der Waals surface area (Å²) in [5.74, 6) is 1.42. The van der Waals surface area contributed by atoms with Crippen molar-refractivity contribution in [2.24, 2.45) is 5.92 Å². The van der Waals surface area contributed by atoms with Gasteiger partial charge in [-0.05, 0) is 30.5 Å². The molecule has 2 heterocycles. The summed E-state index contributed by atoms with van der Waals surface area (Å²) in [5.41, 5.74) is 1.18. The predicted molar refractivity (Wildman–Crippen MR) is 109 cm³/mol. The molecule has 0 bridgehead atoms. The Labute approximate surface area is 168 Å². The maximum atomic E-state index is 12.8. The number of amides is 2. The summed E-state index contributed by atoms with van der Waals surface area (Å²) in [6.07, 6.45) is 2.06. The Kier molecular flexibility index (Phi) is 6.94. The van der Waals surface area contributed by atoms with Gasteiger partial charge in [0.2, 0.25) is 11.8 Å². The third-order valence-electron chi connectivity index (χ3n) is 5.50. The lowest BCUT2D eigenvalue weighted by atomic mass is 10.0. The zero-order valence-corrected chi connectivity index (χ0v) is 17.3. The first-order valence-corrected chi connectivity index (χ1v) is 10.4. The fourth-order valence-electron chi connectivity index (χ4n) is 4.07. The number of nitrogens with one attached hydrogen (secondary N) is 1. The third kappa shape index (κ3) is 5.47. The molecule has 2 saturated heterocycles. The van der Waals surface area contributed by atoms with Crippen molar-refractivity contribution in [1.82, 2.24) is 15.1 Å². The SMILES string of the molecule is Cc1cccc(OC2CCN(C(=O)CC3C(=O)NCCN3CC(C)C)CC2)c1. The van der Waals surface area contributed by atoms with E-state index < -0.39 is 0 Å². The van der Waals surface area contributed by atoms with Crippen molar-refractivity contribution in [3.8, 4) is 5.75 Å². The molecule has 6 nitrogen and oxygen atoms in total. The average Bonchev–Trinajstić information content (AvgIpc) is 2.64. The van der Waals surface area contributed by atoms with Crippen molar-refractivity contribution in [2.75, 3.05) is 32.7 Å². The maximum absolute atomic E-state index is 12.8. The van der Waals surface area contributed by atoms with Crippen LogP contribution in [0.4, 0.5) is 0 Å². The van der Waals surface area contributed by atoms with E-state index in [0.717, 1.165) is 31.7 Å². The molecule has 154 valence electrons. The van der Waals surface area contributed by atoms with Crippen LogP contribution in [-0.2, 0) is 9.59 Å². The quantitative estimate of drug-likeness (QED) is 0.813. The van der Waals surface area contributed by atoms with Gasteiger partial charge in [-0.1, -0.05) is 26.0 Å². The van der Waals surface area contributed by atoms with Crippen molar-refractivity contribution in [2.45, 2.75) is 52.2 Å². The van der Waals surface area contributed by atoms with Gasteiger partial charge in [0.25, 0.3) is 0 Å². The Hall–Kier alpha value is -2.08. The molecule has 1 aromatic carbocycles. The second kappa shape index (κ2) is 9.41. The molecule has 1 atom stereocenters. The van der Waals surface area contributed by atoms with Gasteiger partial charge in [0.1, 0.15) is 11.9 Å². The smallest absolute Gasteiger partial charge is 0.237 e. The van der Waals surface area contributed by atoms with Gasteiger partial charge in [-0.2, -0.15) is 0 Å². The van der Waals surface area contributed by atoms with Gasteiger partial charge in [0, 0.05) is 45.6 Å². The largest absolute Gasteiger partial charge is 0.490 e. The van der Waals surface area contributed by atoms with E-state index in [1.165, 1.54) is 5.56 Å². The number of benzene rings is 1.